The van der Waals surface area contributed by atoms with Gasteiger partial charge in [0.25, 0.3) is 5.91 Å². The fraction of sp³-hybridized carbons (Fsp3) is 0.476. The lowest BCUT2D eigenvalue weighted by molar-refractivity contribution is -0.173. The normalized spacial score (nSPS) is 20.6. The van der Waals surface area contributed by atoms with Crippen molar-refractivity contribution >= 4 is 29.1 Å². The predicted octanol–water partition coefficient (Wildman–Crippen LogP) is 3.05. The molecule has 0 unspecified atom stereocenters. The number of halogens is 1. The summed E-state index contributed by atoms with van der Waals surface area (Å²) in [5.74, 6) is 0.753. The standard InChI is InChI=1S/C21H25ClN4O3/c1-14(2)19(28)25-10-7-21(8-11-25)20-23-9-12-26(20)13-17(29-21)18(27)24-16-5-3-15(22)4-6-16/h3-6,9,12,14,17H,7-8,10-11,13H2,1-2H3,(H,24,27)/t17-/m0/s1. The van der Waals surface area contributed by atoms with Gasteiger partial charge < -0.3 is 19.5 Å². The molecule has 0 aliphatic carbocycles. The third-order valence-electron chi connectivity index (χ3n) is 5.63. The van der Waals surface area contributed by atoms with Crippen LogP contribution in [-0.4, -0.2) is 45.5 Å². The van der Waals surface area contributed by atoms with Crippen molar-refractivity contribution in [1.29, 1.82) is 0 Å². The highest BCUT2D eigenvalue weighted by molar-refractivity contribution is 6.30. The lowest BCUT2D eigenvalue weighted by atomic mass is 9.88. The SMILES string of the molecule is CC(C)C(=O)N1CCC2(CC1)O[C@H](C(=O)Nc1ccc(Cl)cc1)Cn1ccnc12. The monoisotopic (exact) mass is 416 g/mol. The molecule has 1 N–H and O–H groups in total. The average Bonchev–Trinajstić information content (AvgIpc) is 3.19. The Balaban J connectivity index is 1.51. The first-order chi connectivity index (χ1) is 13.9. The molecule has 2 aliphatic rings. The molecule has 0 bridgehead atoms. The minimum absolute atomic E-state index is 0.0313. The molecular formula is C21H25ClN4O3. The van der Waals surface area contributed by atoms with Crippen LogP contribution in [-0.2, 0) is 26.5 Å². The molecule has 4 rings (SSSR count). The van der Waals surface area contributed by atoms with E-state index < -0.39 is 11.7 Å². The lowest BCUT2D eigenvalue weighted by Crippen LogP contribution is -2.54. The number of rotatable bonds is 3. The second-order valence-corrected chi connectivity index (χ2v) is 8.42. The molecule has 1 aromatic heterocycles. The van der Waals surface area contributed by atoms with Crippen LogP contribution in [0.1, 0.15) is 32.5 Å². The number of nitrogens with zero attached hydrogens (tertiary/aromatic N) is 3. The number of likely N-dealkylation sites (tertiary alicyclic amines) is 1. The minimum Gasteiger partial charge on any atom is -0.352 e. The van der Waals surface area contributed by atoms with Crippen molar-refractivity contribution in [2.75, 3.05) is 18.4 Å². The van der Waals surface area contributed by atoms with E-state index in [-0.39, 0.29) is 17.7 Å². The van der Waals surface area contributed by atoms with E-state index in [1.54, 1.807) is 30.5 Å². The van der Waals surface area contributed by atoms with E-state index in [4.69, 9.17) is 16.3 Å². The van der Waals surface area contributed by atoms with E-state index >= 15 is 0 Å². The van der Waals surface area contributed by atoms with Gasteiger partial charge in [0.2, 0.25) is 5.91 Å². The Hall–Kier alpha value is -2.38. The Bertz CT molecular complexity index is 901. The molecule has 7 nitrogen and oxygen atoms in total. The van der Waals surface area contributed by atoms with Crippen LogP contribution in [0.25, 0.3) is 0 Å². The molecule has 3 heterocycles. The summed E-state index contributed by atoms with van der Waals surface area (Å²) >= 11 is 5.92. The van der Waals surface area contributed by atoms with Crippen molar-refractivity contribution in [3.63, 3.8) is 0 Å². The molecule has 1 aromatic carbocycles. The van der Waals surface area contributed by atoms with Gasteiger partial charge in [-0.1, -0.05) is 25.4 Å². The number of carbonyl (C=O) groups is 2. The first kappa shape index (κ1) is 19.9. The number of anilines is 1. The van der Waals surface area contributed by atoms with Crippen molar-refractivity contribution in [1.82, 2.24) is 14.5 Å². The van der Waals surface area contributed by atoms with Crippen LogP contribution in [0.3, 0.4) is 0 Å². The van der Waals surface area contributed by atoms with Crippen LogP contribution in [0.4, 0.5) is 5.69 Å². The number of aromatic nitrogens is 2. The van der Waals surface area contributed by atoms with Crippen LogP contribution in [0, 0.1) is 5.92 Å². The summed E-state index contributed by atoms with van der Waals surface area (Å²) in [5, 5.41) is 3.52. The van der Waals surface area contributed by atoms with Gasteiger partial charge in [-0.05, 0) is 24.3 Å². The molecule has 1 spiro atoms. The van der Waals surface area contributed by atoms with E-state index in [1.165, 1.54) is 0 Å². The zero-order chi connectivity index (χ0) is 20.6. The summed E-state index contributed by atoms with van der Waals surface area (Å²) in [7, 11) is 0. The van der Waals surface area contributed by atoms with Gasteiger partial charge in [-0.3, -0.25) is 9.59 Å². The molecule has 0 saturated carbocycles. The Morgan fingerprint density at radius 2 is 1.93 bits per heavy atom. The topological polar surface area (TPSA) is 76.5 Å². The minimum atomic E-state index is -0.655. The van der Waals surface area contributed by atoms with Gasteiger partial charge in [-0.2, -0.15) is 0 Å². The van der Waals surface area contributed by atoms with Crippen molar-refractivity contribution in [3.8, 4) is 0 Å². The zero-order valence-electron chi connectivity index (χ0n) is 16.6. The molecule has 29 heavy (non-hydrogen) atoms. The molecule has 2 aliphatic heterocycles. The average molecular weight is 417 g/mol. The molecule has 2 aromatic rings. The summed E-state index contributed by atoms with van der Waals surface area (Å²) in [5.41, 5.74) is 0.0168. The van der Waals surface area contributed by atoms with Crippen LogP contribution in [0.2, 0.25) is 5.02 Å². The van der Waals surface area contributed by atoms with Crippen LogP contribution >= 0.6 is 11.6 Å². The number of benzene rings is 1. The van der Waals surface area contributed by atoms with E-state index in [1.807, 2.05) is 29.5 Å². The number of hydrogen-bond donors (Lipinski definition) is 1. The summed E-state index contributed by atoms with van der Waals surface area (Å²) in [6.45, 7) is 5.41. The fourth-order valence-corrected chi connectivity index (χ4v) is 4.21. The van der Waals surface area contributed by atoms with Crippen molar-refractivity contribution < 1.29 is 14.3 Å². The number of fused-ring (bicyclic) bond motifs is 2. The quantitative estimate of drug-likeness (QED) is 0.834. The number of nitrogens with one attached hydrogen (secondary N) is 1. The molecule has 8 heteroatoms. The first-order valence-corrected chi connectivity index (χ1v) is 10.3. The lowest BCUT2D eigenvalue weighted by Gasteiger charge is -2.45. The maximum atomic E-state index is 12.9. The highest BCUT2D eigenvalue weighted by atomic mass is 35.5. The third kappa shape index (κ3) is 3.89. The molecule has 0 radical (unpaired) electrons. The highest BCUT2D eigenvalue weighted by Gasteiger charge is 2.47. The summed E-state index contributed by atoms with van der Waals surface area (Å²) in [6.07, 6.45) is 4.22. The van der Waals surface area contributed by atoms with Crippen LogP contribution in [0.15, 0.2) is 36.7 Å². The van der Waals surface area contributed by atoms with Gasteiger partial charge in [-0.25, -0.2) is 4.98 Å². The smallest absolute Gasteiger partial charge is 0.255 e. The summed E-state index contributed by atoms with van der Waals surface area (Å²) in [4.78, 5) is 31.7. The van der Waals surface area contributed by atoms with Crippen LogP contribution < -0.4 is 5.32 Å². The number of carbonyl (C=O) groups excluding carboxylic acids is 2. The Labute approximate surface area is 175 Å². The third-order valence-corrected chi connectivity index (χ3v) is 5.89. The number of ether oxygens (including phenoxy) is 1. The molecule has 154 valence electrons. The largest absolute Gasteiger partial charge is 0.352 e. The van der Waals surface area contributed by atoms with Gasteiger partial charge in [0.15, 0.2) is 6.10 Å². The summed E-state index contributed by atoms with van der Waals surface area (Å²) < 4.78 is 8.38. The van der Waals surface area contributed by atoms with Crippen molar-refractivity contribution in [3.05, 3.63) is 47.5 Å². The molecule has 1 saturated heterocycles. The number of piperidine rings is 1. The number of amides is 2. The molecule has 1 atom stereocenters. The Morgan fingerprint density at radius 1 is 1.24 bits per heavy atom. The van der Waals surface area contributed by atoms with Gasteiger partial charge in [0.05, 0.1) is 6.54 Å². The van der Waals surface area contributed by atoms with Crippen molar-refractivity contribution in [2.45, 2.75) is 44.9 Å². The van der Waals surface area contributed by atoms with E-state index in [9.17, 15) is 9.59 Å². The van der Waals surface area contributed by atoms with E-state index in [2.05, 4.69) is 10.3 Å². The van der Waals surface area contributed by atoms with Gasteiger partial charge in [-0.15, -0.1) is 0 Å². The Kier molecular flexibility index (Phi) is 5.36. The van der Waals surface area contributed by atoms with Gasteiger partial charge >= 0.3 is 0 Å². The predicted molar refractivity (Wildman–Crippen MR) is 110 cm³/mol. The zero-order valence-corrected chi connectivity index (χ0v) is 17.4. The van der Waals surface area contributed by atoms with Crippen LogP contribution in [0.5, 0.6) is 0 Å². The van der Waals surface area contributed by atoms with E-state index in [0.717, 1.165) is 5.82 Å². The number of imidazole rings is 1. The second-order valence-electron chi connectivity index (χ2n) is 7.98. The number of hydrogen-bond acceptors (Lipinski definition) is 4. The molecular weight excluding hydrogens is 392 g/mol. The second kappa shape index (κ2) is 7.80. The highest BCUT2D eigenvalue weighted by Crippen LogP contribution is 2.40. The van der Waals surface area contributed by atoms with Crippen molar-refractivity contribution in [2.24, 2.45) is 5.92 Å². The molecule has 2 amide bonds. The Morgan fingerprint density at radius 3 is 2.59 bits per heavy atom. The first-order valence-electron chi connectivity index (χ1n) is 9.93. The maximum Gasteiger partial charge on any atom is 0.255 e. The van der Waals surface area contributed by atoms with Gasteiger partial charge in [0.1, 0.15) is 11.4 Å². The maximum absolute atomic E-state index is 12.9. The molecule has 1 fully saturated rings. The fourth-order valence-electron chi connectivity index (χ4n) is 4.08. The van der Waals surface area contributed by atoms with E-state index in [0.29, 0.717) is 43.2 Å². The van der Waals surface area contributed by atoms with Gasteiger partial charge in [0, 0.05) is 55.0 Å². The summed E-state index contributed by atoms with van der Waals surface area (Å²) in [6, 6.07) is 6.99.